The van der Waals surface area contributed by atoms with Crippen molar-refractivity contribution >= 4 is 0 Å². The third-order valence-electron chi connectivity index (χ3n) is 5.44. The van der Waals surface area contributed by atoms with Crippen molar-refractivity contribution < 1.29 is 0 Å². The first-order valence-corrected chi connectivity index (χ1v) is 10.0. The van der Waals surface area contributed by atoms with Crippen LogP contribution in [0.1, 0.15) is 112 Å². The van der Waals surface area contributed by atoms with Crippen molar-refractivity contribution in [1.29, 1.82) is 0 Å². The van der Waals surface area contributed by atoms with Gasteiger partial charge in [-0.1, -0.05) is 106 Å². The largest absolute Gasteiger partial charge is 0.0654 e. The number of hydrogen-bond donors (Lipinski definition) is 0. The van der Waals surface area contributed by atoms with Crippen LogP contribution in [-0.2, 0) is 0 Å². The van der Waals surface area contributed by atoms with E-state index in [1.165, 1.54) is 70.6 Å². The fourth-order valence-corrected chi connectivity index (χ4v) is 3.66. The van der Waals surface area contributed by atoms with Crippen LogP contribution in [0.4, 0.5) is 0 Å². The van der Waals surface area contributed by atoms with Gasteiger partial charge < -0.3 is 0 Å². The minimum absolute atomic E-state index is 0.873. The molecule has 0 heteroatoms. The fraction of sp³-hybridized carbons (Fsp3) is 1.00. The van der Waals surface area contributed by atoms with E-state index in [4.69, 9.17) is 0 Å². The van der Waals surface area contributed by atoms with Gasteiger partial charge in [0.1, 0.15) is 0 Å². The topological polar surface area (TPSA) is 0 Å². The Morgan fingerprint density at radius 1 is 0.571 bits per heavy atom. The average molecular weight is 297 g/mol. The molecule has 0 saturated heterocycles. The minimum Gasteiger partial charge on any atom is -0.0654 e. The van der Waals surface area contributed by atoms with Crippen LogP contribution in [0.15, 0.2) is 0 Å². The monoisotopic (exact) mass is 296 g/mol. The summed E-state index contributed by atoms with van der Waals surface area (Å²) in [7, 11) is 0. The van der Waals surface area contributed by atoms with E-state index in [-0.39, 0.29) is 0 Å². The van der Waals surface area contributed by atoms with Gasteiger partial charge in [-0.15, -0.1) is 0 Å². The molecule has 0 aromatic heterocycles. The van der Waals surface area contributed by atoms with Crippen LogP contribution in [0.25, 0.3) is 0 Å². The van der Waals surface area contributed by atoms with E-state index in [0.717, 1.165) is 23.7 Å². The molecule has 0 spiro atoms. The van der Waals surface area contributed by atoms with Crippen molar-refractivity contribution in [2.75, 3.05) is 0 Å². The third kappa shape index (κ3) is 11.2. The van der Waals surface area contributed by atoms with Crippen LogP contribution < -0.4 is 0 Å². The Bertz CT molecular complexity index is 206. The predicted molar refractivity (Wildman–Crippen MR) is 98.8 cm³/mol. The summed E-state index contributed by atoms with van der Waals surface area (Å²) >= 11 is 0. The molecule has 0 radical (unpaired) electrons. The van der Waals surface area contributed by atoms with Gasteiger partial charge in [0, 0.05) is 0 Å². The van der Waals surface area contributed by atoms with Crippen LogP contribution in [0.3, 0.4) is 0 Å². The zero-order valence-corrected chi connectivity index (χ0v) is 16.1. The van der Waals surface area contributed by atoms with Gasteiger partial charge in [0.15, 0.2) is 0 Å². The van der Waals surface area contributed by atoms with Crippen molar-refractivity contribution in [1.82, 2.24) is 0 Å². The number of unbranched alkanes of at least 4 members (excludes halogenated alkanes) is 5. The van der Waals surface area contributed by atoms with E-state index in [1.54, 1.807) is 0 Å². The number of hydrogen-bond acceptors (Lipinski definition) is 0. The maximum Gasteiger partial charge on any atom is -0.0363 e. The molecule has 0 amide bonds. The van der Waals surface area contributed by atoms with Gasteiger partial charge in [-0.05, 0) is 30.1 Å². The van der Waals surface area contributed by atoms with E-state index in [1.807, 2.05) is 0 Å². The van der Waals surface area contributed by atoms with Gasteiger partial charge >= 0.3 is 0 Å². The lowest BCUT2D eigenvalue weighted by atomic mass is 9.76. The van der Waals surface area contributed by atoms with Gasteiger partial charge in [-0.3, -0.25) is 0 Å². The van der Waals surface area contributed by atoms with E-state index >= 15 is 0 Å². The molecule has 0 aliphatic carbocycles. The molecular weight excluding hydrogens is 252 g/mol. The molecule has 0 aliphatic heterocycles. The molecule has 3 atom stereocenters. The summed E-state index contributed by atoms with van der Waals surface area (Å²) in [6, 6.07) is 0. The summed E-state index contributed by atoms with van der Waals surface area (Å²) in [6.07, 6.45) is 15.8. The zero-order valence-electron chi connectivity index (χ0n) is 16.1. The Morgan fingerprint density at radius 3 is 1.76 bits per heavy atom. The Balaban J connectivity index is 4.01. The highest BCUT2D eigenvalue weighted by molar-refractivity contribution is 4.72. The molecule has 0 saturated carbocycles. The highest BCUT2D eigenvalue weighted by Gasteiger charge is 2.21. The molecule has 0 fully saturated rings. The first-order chi connectivity index (χ1) is 10.0. The van der Waals surface area contributed by atoms with E-state index in [2.05, 4.69) is 41.5 Å². The lowest BCUT2D eigenvalue weighted by Crippen LogP contribution is -2.20. The normalized spacial score (nSPS) is 16.1. The SMILES string of the molecule is CCCCCCCCC(C(C)CC)C(C)CCCC(C)C. The molecule has 128 valence electrons. The summed E-state index contributed by atoms with van der Waals surface area (Å²) in [5, 5.41) is 0. The summed E-state index contributed by atoms with van der Waals surface area (Å²) in [5.74, 6) is 3.68. The van der Waals surface area contributed by atoms with E-state index in [0.29, 0.717) is 0 Å². The average Bonchev–Trinajstić information content (AvgIpc) is 2.45. The molecule has 0 rings (SSSR count). The first kappa shape index (κ1) is 21.0. The molecule has 0 aromatic rings. The van der Waals surface area contributed by atoms with Crippen LogP contribution in [0.2, 0.25) is 0 Å². The second-order valence-corrected chi connectivity index (χ2v) is 7.91. The summed E-state index contributed by atoms with van der Waals surface area (Å²) in [5.41, 5.74) is 0. The molecular formula is C21H44. The van der Waals surface area contributed by atoms with Crippen molar-refractivity contribution in [2.45, 2.75) is 112 Å². The minimum atomic E-state index is 0.873. The predicted octanol–water partition coefficient (Wildman–Crippen LogP) is 7.86. The smallest absolute Gasteiger partial charge is 0.0363 e. The van der Waals surface area contributed by atoms with Crippen molar-refractivity contribution in [3.8, 4) is 0 Å². The van der Waals surface area contributed by atoms with Crippen molar-refractivity contribution in [3.05, 3.63) is 0 Å². The maximum absolute atomic E-state index is 2.52. The van der Waals surface area contributed by atoms with Crippen LogP contribution in [0.5, 0.6) is 0 Å². The lowest BCUT2D eigenvalue weighted by molar-refractivity contribution is 0.211. The quantitative estimate of drug-likeness (QED) is 0.286. The zero-order chi connectivity index (χ0) is 16.1. The number of rotatable bonds is 14. The van der Waals surface area contributed by atoms with Gasteiger partial charge in [0.05, 0.1) is 0 Å². The second kappa shape index (κ2) is 13.6. The first-order valence-electron chi connectivity index (χ1n) is 10.0. The van der Waals surface area contributed by atoms with Crippen LogP contribution in [0, 0.1) is 23.7 Å². The summed E-state index contributed by atoms with van der Waals surface area (Å²) in [6.45, 7) is 14.4. The molecule has 0 bridgehead atoms. The summed E-state index contributed by atoms with van der Waals surface area (Å²) in [4.78, 5) is 0. The molecule has 0 nitrogen and oxygen atoms in total. The fourth-order valence-electron chi connectivity index (χ4n) is 3.66. The van der Waals surface area contributed by atoms with Crippen LogP contribution >= 0.6 is 0 Å². The van der Waals surface area contributed by atoms with Crippen molar-refractivity contribution in [3.63, 3.8) is 0 Å². The maximum atomic E-state index is 2.52. The Labute approximate surface area is 136 Å². The van der Waals surface area contributed by atoms with Crippen molar-refractivity contribution in [2.24, 2.45) is 23.7 Å². The second-order valence-electron chi connectivity index (χ2n) is 7.91. The van der Waals surface area contributed by atoms with Gasteiger partial charge in [0.25, 0.3) is 0 Å². The Kier molecular flexibility index (Phi) is 13.6. The standard InChI is InChI=1S/C21H44/c1-7-9-10-11-12-13-17-21(19(5)8-2)20(6)16-14-15-18(3)4/h18-21H,7-17H2,1-6H3. The molecule has 0 heterocycles. The van der Waals surface area contributed by atoms with Gasteiger partial charge in [-0.25, -0.2) is 0 Å². The van der Waals surface area contributed by atoms with E-state index in [9.17, 15) is 0 Å². The molecule has 0 aliphatic rings. The van der Waals surface area contributed by atoms with Gasteiger partial charge in [0.2, 0.25) is 0 Å². The third-order valence-corrected chi connectivity index (χ3v) is 5.44. The lowest BCUT2D eigenvalue weighted by Gasteiger charge is -2.29. The Hall–Kier alpha value is 0. The Morgan fingerprint density at radius 2 is 1.19 bits per heavy atom. The summed E-state index contributed by atoms with van der Waals surface area (Å²) < 4.78 is 0. The molecule has 21 heavy (non-hydrogen) atoms. The van der Waals surface area contributed by atoms with E-state index < -0.39 is 0 Å². The molecule has 0 N–H and O–H groups in total. The highest BCUT2D eigenvalue weighted by Crippen LogP contribution is 2.32. The highest BCUT2D eigenvalue weighted by atomic mass is 14.3. The van der Waals surface area contributed by atoms with Gasteiger partial charge in [-0.2, -0.15) is 0 Å². The van der Waals surface area contributed by atoms with Crippen LogP contribution in [-0.4, -0.2) is 0 Å². The molecule has 3 unspecified atom stereocenters. The molecule has 0 aromatic carbocycles.